The number of hydrogen-bond acceptors (Lipinski definition) is 4. The summed E-state index contributed by atoms with van der Waals surface area (Å²) in [6, 6.07) is 9.97. The number of carbonyl (C=O) groups is 1. The quantitative estimate of drug-likeness (QED) is 0.440. The van der Waals surface area contributed by atoms with Gasteiger partial charge in [0.25, 0.3) is 0 Å². The SMILES string of the molecule is CC(C)(C)OC(=O)[C@H]1C[C@@H]1COCOCc1ccccc1. The normalized spacial score (nSPS) is 21.1. The van der Waals surface area contributed by atoms with Crippen molar-refractivity contribution >= 4 is 5.97 Å². The van der Waals surface area contributed by atoms with E-state index in [4.69, 9.17) is 14.2 Å². The second kappa shape index (κ2) is 7.05. The molecule has 1 fully saturated rings. The van der Waals surface area contributed by atoms with Crippen molar-refractivity contribution in [1.29, 1.82) is 0 Å². The average molecular weight is 292 g/mol. The Morgan fingerprint density at radius 1 is 1.19 bits per heavy atom. The molecular formula is C17H24O4. The van der Waals surface area contributed by atoms with Crippen LogP contribution in [0, 0.1) is 11.8 Å². The van der Waals surface area contributed by atoms with Gasteiger partial charge in [0.2, 0.25) is 0 Å². The first-order chi connectivity index (χ1) is 9.96. The van der Waals surface area contributed by atoms with Crippen LogP contribution in [0.3, 0.4) is 0 Å². The number of hydrogen-bond donors (Lipinski definition) is 0. The molecule has 0 N–H and O–H groups in total. The summed E-state index contributed by atoms with van der Waals surface area (Å²) >= 11 is 0. The zero-order valence-corrected chi connectivity index (χ0v) is 13.0. The monoisotopic (exact) mass is 292 g/mol. The Hall–Kier alpha value is -1.39. The van der Waals surface area contributed by atoms with Gasteiger partial charge in [0, 0.05) is 0 Å². The van der Waals surface area contributed by atoms with Crippen molar-refractivity contribution in [2.75, 3.05) is 13.4 Å². The van der Waals surface area contributed by atoms with E-state index in [0.29, 0.717) is 13.2 Å². The number of benzene rings is 1. The number of ether oxygens (including phenoxy) is 3. The summed E-state index contributed by atoms with van der Waals surface area (Å²) in [5, 5.41) is 0. The van der Waals surface area contributed by atoms with Gasteiger partial charge < -0.3 is 14.2 Å². The van der Waals surface area contributed by atoms with E-state index in [0.717, 1.165) is 12.0 Å². The molecule has 0 radical (unpaired) electrons. The van der Waals surface area contributed by atoms with Gasteiger partial charge >= 0.3 is 5.97 Å². The van der Waals surface area contributed by atoms with Crippen molar-refractivity contribution in [1.82, 2.24) is 0 Å². The van der Waals surface area contributed by atoms with Gasteiger partial charge in [-0.25, -0.2) is 0 Å². The molecule has 0 spiro atoms. The van der Waals surface area contributed by atoms with Crippen LogP contribution >= 0.6 is 0 Å². The minimum absolute atomic E-state index is 0.00153. The highest BCUT2D eigenvalue weighted by Gasteiger charge is 2.45. The number of carbonyl (C=O) groups excluding carboxylic acids is 1. The second-order valence-electron chi connectivity index (χ2n) is 6.46. The second-order valence-corrected chi connectivity index (χ2v) is 6.46. The van der Waals surface area contributed by atoms with Crippen LogP contribution in [0.1, 0.15) is 32.8 Å². The summed E-state index contributed by atoms with van der Waals surface area (Å²) in [4.78, 5) is 11.8. The third-order valence-electron chi connectivity index (χ3n) is 3.24. The molecular weight excluding hydrogens is 268 g/mol. The smallest absolute Gasteiger partial charge is 0.309 e. The fourth-order valence-electron chi connectivity index (χ4n) is 2.09. The first-order valence-electron chi connectivity index (χ1n) is 7.38. The fraction of sp³-hybridized carbons (Fsp3) is 0.588. The highest BCUT2D eigenvalue weighted by Crippen LogP contribution is 2.40. The molecule has 1 aromatic carbocycles. The van der Waals surface area contributed by atoms with Gasteiger partial charge in [-0.3, -0.25) is 4.79 Å². The first-order valence-corrected chi connectivity index (χ1v) is 7.38. The van der Waals surface area contributed by atoms with Gasteiger partial charge in [-0.15, -0.1) is 0 Å². The maximum atomic E-state index is 11.8. The maximum absolute atomic E-state index is 11.8. The highest BCUT2D eigenvalue weighted by molar-refractivity contribution is 5.76. The van der Waals surface area contributed by atoms with Crippen molar-refractivity contribution in [2.45, 2.75) is 39.4 Å². The summed E-state index contributed by atoms with van der Waals surface area (Å²) in [6.45, 7) is 7.01. The van der Waals surface area contributed by atoms with Crippen molar-refractivity contribution in [2.24, 2.45) is 11.8 Å². The van der Waals surface area contributed by atoms with Gasteiger partial charge in [-0.2, -0.15) is 0 Å². The summed E-state index contributed by atoms with van der Waals surface area (Å²) in [5.41, 5.74) is 0.711. The van der Waals surface area contributed by atoms with Crippen LogP contribution in [0.2, 0.25) is 0 Å². The molecule has 0 aliphatic heterocycles. The lowest BCUT2D eigenvalue weighted by atomic mass is 10.2. The minimum Gasteiger partial charge on any atom is -0.460 e. The Morgan fingerprint density at radius 3 is 2.57 bits per heavy atom. The van der Waals surface area contributed by atoms with Crippen molar-refractivity contribution < 1.29 is 19.0 Å². The predicted octanol–water partition coefficient (Wildman–Crippen LogP) is 3.16. The zero-order valence-electron chi connectivity index (χ0n) is 13.0. The molecule has 0 unspecified atom stereocenters. The van der Waals surface area contributed by atoms with Crippen molar-refractivity contribution in [3.63, 3.8) is 0 Å². The molecule has 0 amide bonds. The molecule has 2 atom stereocenters. The van der Waals surface area contributed by atoms with Crippen LogP contribution in [0.5, 0.6) is 0 Å². The molecule has 1 aromatic rings. The standard InChI is InChI=1S/C17H24O4/c1-17(2,3)21-16(18)15-9-14(15)11-20-12-19-10-13-7-5-4-6-8-13/h4-8,14-15H,9-12H2,1-3H3/t14-,15+/m1/s1. The molecule has 0 bridgehead atoms. The molecule has 4 heteroatoms. The Labute approximate surface area is 126 Å². The van der Waals surface area contributed by atoms with Gasteiger partial charge in [-0.1, -0.05) is 30.3 Å². The van der Waals surface area contributed by atoms with Crippen molar-refractivity contribution in [3.05, 3.63) is 35.9 Å². The van der Waals surface area contributed by atoms with E-state index >= 15 is 0 Å². The molecule has 1 saturated carbocycles. The van der Waals surface area contributed by atoms with E-state index in [9.17, 15) is 4.79 Å². The van der Waals surface area contributed by atoms with Crippen LogP contribution < -0.4 is 0 Å². The maximum Gasteiger partial charge on any atom is 0.309 e. The van der Waals surface area contributed by atoms with E-state index in [1.807, 2.05) is 51.1 Å². The molecule has 0 saturated heterocycles. The Morgan fingerprint density at radius 2 is 1.90 bits per heavy atom. The molecule has 0 heterocycles. The van der Waals surface area contributed by atoms with Crippen LogP contribution in [0.25, 0.3) is 0 Å². The molecule has 2 rings (SSSR count). The third kappa shape index (κ3) is 5.86. The van der Waals surface area contributed by atoms with E-state index in [1.165, 1.54) is 0 Å². The van der Waals surface area contributed by atoms with E-state index in [-0.39, 0.29) is 24.6 Å². The summed E-state index contributed by atoms with van der Waals surface area (Å²) in [7, 11) is 0. The zero-order chi connectivity index (χ0) is 15.3. The van der Waals surface area contributed by atoms with E-state index in [2.05, 4.69) is 0 Å². The molecule has 0 aromatic heterocycles. The summed E-state index contributed by atoms with van der Waals surface area (Å²) in [6.07, 6.45) is 0.855. The van der Waals surface area contributed by atoms with Crippen LogP contribution in [0.15, 0.2) is 30.3 Å². The third-order valence-corrected chi connectivity index (χ3v) is 3.24. The average Bonchev–Trinajstić information content (AvgIpc) is 3.17. The topological polar surface area (TPSA) is 44.8 Å². The van der Waals surface area contributed by atoms with Crippen LogP contribution in [0.4, 0.5) is 0 Å². The van der Waals surface area contributed by atoms with Crippen LogP contribution in [-0.4, -0.2) is 25.0 Å². The lowest BCUT2D eigenvalue weighted by Gasteiger charge is -2.19. The first kappa shape index (κ1) is 16.0. The lowest BCUT2D eigenvalue weighted by molar-refractivity contribution is -0.157. The number of rotatable bonds is 7. The van der Waals surface area contributed by atoms with Gasteiger partial charge in [0.1, 0.15) is 12.4 Å². The van der Waals surface area contributed by atoms with E-state index < -0.39 is 5.60 Å². The van der Waals surface area contributed by atoms with Crippen LogP contribution in [-0.2, 0) is 25.6 Å². The largest absolute Gasteiger partial charge is 0.460 e. The number of esters is 1. The molecule has 1 aliphatic carbocycles. The molecule has 1 aliphatic rings. The molecule has 21 heavy (non-hydrogen) atoms. The highest BCUT2D eigenvalue weighted by atomic mass is 16.7. The Balaban J connectivity index is 1.54. The lowest BCUT2D eigenvalue weighted by Crippen LogP contribution is -2.25. The van der Waals surface area contributed by atoms with Gasteiger partial charge in [-0.05, 0) is 38.7 Å². The van der Waals surface area contributed by atoms with Gasteiger partial charge in [0.15, 0.2) is 0 Å². The summed E-state index contributed by atoms with van der Waals surface area (Å²) < 4.78 is 16.2. The predicted molar refractivity (Wildman–Crippen MR) is 79.5 cm³/mol. The Kier molecular flexibility index (Phi) is 5.37. The Bertz CT molecular complexity index is 450. The fourth-order valence-corrected chi connectivity index (χ4v) is 2.09. The van der Waals surface area contributed by atoms with Gasteiger partial charge in [0.05, 0.1) is 19.1 Å². The minimum atomic E-state index is -0.413. The van der Waals surface area contributed by atoms with E-state index in [1.54, 1.807) is 0 Å². The summed E-state index contributed by atoms with van der Waals surface area (Å²) in [5.74, 6) is 0.167. The molecule has 4 nitrogen and oxygen atoms in total. The van der Waals surface area contributed by atoms with Crippen molar-refractivity contribution in [3.8, 4) is 0 Å². The molecule has 116 valence electrons.